The summed E-state index contributed by atoms with van der Waals surface area (Å²) in [4.78, 5) is 28.4. The van der Waals surface area contributed by atoms with Crippen molar-refractivity contribution < 1.29 is 14.7 Å². The van der Waals surface area contributed by atoms with Crippen molar-refractivity contribution in [2.24, 2.45) is 0 Å². The molecule has 5 nitrogen and oxygen atoms in total. The van der Waals surface area contributed by atoms with E-state index in [0.29, 0.717) is 25.8 Å². The number of carbonyl (C=O) groups is 2. The largest absolute Gasteiger partial charge is 0.480 e. The van der Waals surface area contributed by atoms with Crippen LogP contribution in [0.1, 0.15) is 24.3 Å². The van der Waals surface area contributed by atoms with Gasteiger partial charge in [0.2, 0.25) is 5.91 Å². The van der Waals surface area contributed by atoms with Gasteiger partial charge in [0.1, 0.15) is 6.04 Å². The number of thiazole rings is 1. The molecule has 1 aromatic heterocycles. The molecule has 1 aliphatic rings. The van der Waals surface area contributed by atoms with Crippen LogP contribution in [0.15, 0.2) is 11.6 Å². The van der Waals surface area contributed by atoms with Crippen molar-refractivity contribution in [2.45, 2.75) is 31.7 Å². The highest BCUT2D eigenvalue weighted by molar-refractivity contribution is 7.09. The molecule has 0 bridgehead atoms. The molecule has 1 atom stereocenters. The zero-order valence-corrected chi connectivity index (χ0v) is 10.2. The van der Waals surface area contributed by atoms with Gasteiger partial charge in [-0.1, -0.05) is 0 Å². The first kappa shape index (κ1) is 12.0. The molecule has 17 heavy (non-hydrogen) atoms. The van der Waals surface area contributed by atoms with Crippen molar-refractivity contribution in [3.63, 3.8) is 0 Å². The minimum atomic E-state index is -0.898. The Kier molecular flexibility index (Phi) is 3.73. The number of nitrogens with zero attached hydrogens (tertiary/aromatic N) is 2. The standard InChI is InChI=1S/C11H14N2O3S/c14-10(4-3-9-12-5-7-17-9)13-6-1-2-8(13)11(15)16/h5,7-8H,1-4,6H2,(H,15,16)/t8-/m0/s1. The summed E-state index contributed by atoms with van der Waals surface area (Å²) in [5.41, 5.74) is 0. The van der Waals surface area contributed by atoms with Gasteiger partial charge in [0.25, 0.3) is 0 Å². The minimum Gasteiger partial charge on any atom is -0.480 e. The molecule has 92 valence electrons. The molecule has 1 fully saturated rings. The van der Waals surface area contributed by atoms with Gasteiger partial charge in [0.05, 0.1) is 5.01 Å². The molecule has 1 N–H and O–H groups in total. The van der Waals surface area contributed by atoms with Crippen molar-refractivity contribution in [3.05, 3.63) is 16.6 Å². The summed E-state index contributed by atoms with van der Waals surface area (Å²) in [7, 11) is 0. The van der Waals surface area contributed by atoms with Crippen LogP contribution in [0.2, 0.25) is 0 Å². The Bertz CT molecular complexity index is 405. The van der Waals surface area contributed by atoms with Gasteiger partial charge in [-0.15, -0.1) is 11.3 Å². The Balaban J connectivity index is 1.89. The van der Waals surface area contributed by atoms with E-state index >= 15 is 0 Å². The maximum Gasteiger partial charge on any atom is 0.326 e. The van der Waals surface area contributed by atoms with E-state index in [4.69, 9.17) is 5.11 Å². The molecule has 0 saturated carbocycles. The van der Waals surface area contributed by atoms with Crippen LogP contribution in [0.5, 0.6) is 0 Å². The number of aliphatic carboxylic acids is 1. The third kappa shape index (κ3) is 2.82. The lowest BCUT2D eigenvalue weighted by Gasteiger charge is -2.21. The van der Waals surface area contributed by atoms with Crippen LogP contribution < -0.4 is 0 Å². The topological polar surface area (TPSA) is 70.5 Å². The monoisotopic (exact) mass is 254 g/mol. The Morgan fingerprint density at radius 1 is 1.59 bits per heavy atom. The minimum absolute atomic E-state index is 0.0786. The Labute approximate surface area is 103 Å². The number of carbonyl (C=O) groups excluding carboxylic acids is 1. The first-order chi connectivity index (χ1) is 8.18. The molecule has 1 aliphatic heterocycles. The van der Waals surface area contributed by atoms with Crippen LogP contribution >= 0.6 is 11.3 Å². The quantitative estimate of drug-likeness (QED) is 0.875. The number of aryl methyl sites for hydroxylation is 1. The summed E-state index contributed by atoms with van der Waals surface area (Å²) in [5.74, 6) is -0.977. The molecule has 1 amide bonds. The fraction of sp³-hybridized carbons (Fsp3) is 0.545. The average molecular weight is 254 g/mol. The van der Waals surface area contributed by atoms with Crippen LogP contribution in [-0.4, -0.2) is 39.5 Å². The molecule has 0 aliphatic carbocycles. The van der Waals surface area contributed by atoms with Crippen LogP contribution in [0.25, 0.3) is 0 Å². The molecule has 0 unspecified atom stereocenters. The predicted molar refractivity (Wildman–Crippen MR) is 62.8 cm³/mol. The number of likely N-dealkylation sites (tertiary alicyclic amines) is 1. The van der Waals surface area contributed by atoms with Gasteiger partial charge < -0.3 is 10.0 Å². The molecular formula is C11H14N2O3S. The maximum absolute atomic E-state index is 11.9. The van der Waals surface area contributed by atoms with E-state index < -0.39 is 12.0 Å². The Morgan fingerprint density at radius 3 is 3.06 bits per heavy atom. The Morgan fingerprint density at radius 2 is 2.41 bits per heavy atom. The van der Waals surface area contributed by atoms with E-state index in [1.54, 1.807) is 6.20 Å². The molecule has 0 aromatic carbocycles. The van der Waals surface area contributed by atoms with Gasteiger partial charge in [-0.3, -0.25) is 4.79 Å². The molecule has 0 spiro atoms. The second-order valence-corrected chi connectivity index (χ2v) is 4.99. The molecule has 6 heteroatoms. The summed E-state index contributed by atoms with van der Waals surface area (Å²) in [6.45, 7) is 0.563. The summed E-state index contributed by atoms with van der Waals surface area (Å²) < 4.78 is 0. The highest BCUT2D eigenvalue weighted by Gasteiger charge is 2.33. The van der Waals surface area contributed by atoms with Crippen LogP contribution in [0, 0.1) is 0 Å². The lowest BCUT2D eigenvalue weighted by Crippen LogP contribution is -2.40. The summed E-state index contributed by atoms with van der Waals surface area (Å²) >= 11 is 1.52. The van der Waals surface area contributed by atoms with E-state index in [0.717, 1.165) is 11.4 Å². The first-order valence-corrected chi connectivity index (χ1v) is 6.47. The van der Waals surface area contributed by atoms with Gasteiger partial charge in [0.15, 0.2) is 0 Å². The van der Waals surface area contributed by atoms with Gasteiger partial charge in [0, 0.05) is 31.0 Å². The van der Waals surface area contributed by atoms with Crippen LogP contribution in [-0.2, 0) is 16.0 Å². The maximum atomic E-state index is 11.9. The fourth-order valence-corrected chi connectivity index (χ4v) is 2.68. The zero-order chi connectivity index (χ0) is 12.3. The van der Waals surface area contributed by atoms with Crippen LogP contribution in [0.3, 0.4) is 0 Å². The first-order valence-electron chi connectivity index (χ1n) is 5.59. The highest BCUT2D eigenvalue weighted by atomic mass is 32.1. The number of carboxylic acids is 1. The van der Waals surface area contributed by atoms with Crippen molar-refractivity contribution in [1.82, 2.24) is 9.88 Å². The second kappa shape index (κ2) is 5.27. The molecular weight excluding hydrogens is 240 g/mol. The smallest absolute Gasteiger partial charge is 0.326 e. The van der Waals surface area contributed by atoms with Crippen molar-refractivity contribution >= 4 is 23.2 Å². The van der Waals surface area contributed by atoms with Gasteiger partial charge in [-0.2, -0.15) is 0 Å². The lowest BCUT2D eigenvalue weighted by molar-refractivity contribution is -0.148. The second-order valence-electron chi connectivity index (χ2n) is 4.01. The third-order valence-corrected chi connectivity index (χ3v) is 3.73. The van der Waals surface area contributed by atoms with Crippen molar-refractivity contribution in [1.29, 1.82) is 0 Å². The van der Waals surface area contributed by atoms with E-state index in [1.165, 1.54) is 16.2 Å². The molecule has 0 radical (unpaired) electrons. The molecule has 1 aromatic rings. The number of hydrogen-bond acceptors (Lipinski definition) is 4. The van der Waals surface area contributed by atoms with E-state index in [2.05, 4.69) is 4.98 Å². The van der Waals surface area contributed by atoms with E-state index in [9.17, 15) is 9.59 Å². The number of amides is 1. The number of hydrogen-bond donors (Lipinski definition) is 1. The average Bonchev–Trinajstić information content (AvgIpc) is 2.96. The van der Waals surface area contributed by atoms with Gasteiger partial charge in [-0.25, -0.2) is 9.78 Å². The van der Waals surface area contributed by atoms with Crippen LogP contribution in [0.4, 0.5) is 0 Å². The fourth-order valence-electron chi connectivity index (χ4n) is 2.06. The summed E-state index contributed by atoms with van der Waals surface area (Å²) in [5, 5.41) is 11.8. The highest BCUT2D eigenvalue weighted by Crippen LogP contribution is 2.19. The number of rotatable bonds is 4. The molecule has 1 saturated heterocycles. The van der Waals surface area contributed by atoms with Crippen molar-refractivity contribution in [2.75, 3.05) is 6.54 Å². The van der Waals surface area contributed by atoms with E-state index in [1.807, 2.05) is 5.38 Å². The number of carboxylic acid groups (broad SMARTS) is 1. The zero-order valence-electron chi connectivity index (χ0n) is 9.33. The predicted octanol–water partition coefficient (Wildman–Crippen LogP) is 1.15. The normalized spacial score (nSPS) is 19.5. The van der Waals surface area contributed by atoms with Crippen molar-refractivity contribution in [3.8, 4) is 0 Å². The molecule has 2 rings (SSSR count). The van der Waals surface area contributed by atoms with Gasteiger partial charge >= 0.3 is 5.97 Å². The summed E-state index contributed by atoms with van der Waals surface area (Å²) in [6.07, 6.45) is 4.00. The number of aromatic nitrogens is 1. The van der Waals surface area contributed by atoms with E-state index in [-0.39, 0.29) is 5.91 Å². The van der Waals surface area contributed by atoms with Gasteiger partial charge in [-0.05, 0) is 12.8 Å². The SMILES string of the molecule is O=C(O)[C@@H]1CCCN1C(=O)CCc1nccs1. The summed E-state index contributed by atoms with van der Waals surface area (Å²) in [6, 6.07) is -0.626. The molecule has 2 heterocycles. The Hall–Kier alpha value is -1.43. The third-order valence-electron chi connectivity index (χ3n) is 2.89. The lowest BCUT2D eigenvalue weighted by atomic mass is 10.2.